The Labute approximate surface area is 138 Å². The molecule has 126 valence electrons. The topological polar surface area (TPSA) is 38.8 Å². The minimum Gasteiger partial charge on any atom is -0.497 e. The quantitative estimate of drug-likeness (QED) is 0.808. The second-order valence-corrected chi connectivity index (χ2v) is 6.54. The monoisotopic (exact) mass is 317 g/mol. The summed E-state index contributed by atoms with van der Waals surface area (Å²) < 4.78 is 5.32. The normalized spacial score (nSPS) is 24.8. The van der Waals surface area contributed by atoms with E-state index in [0.717, 1.165) is 36.3 Å². The maximum Gasteiger partial charge on any atom is 0.193 e. The molecule has 0 saturated heterocycles. The summed E-state index contributed by atoms with van der Waals surface area (Å²) in [4.78, 5) is 19.4. The number of hydroxylamine groups is 1. The second kappa shape index (κ2) is 6.52. The molecule has 23 heavy (non-hydrogen) atoms. The number of hydrogen-bond donors (Lipinski definition) is 0. The van der Waals surface area contributed by atoms with E-state index in [9.17, 15) is 4.79 Å². The Bertz CT molecular complexity index is 580. The largest absolute Gasteiger partial charge is 0.497 e. The van der Waals surface area contributed by atoms with Crippen molar-refractivity contribution in [3.05, 3.63) is 23.8 Å². The van der Waals surface area contributed by atoms with Crippen molar-refractivity contribution in [1.82, 2.24) is 0 Å². The van der Waals surface area contributed by atoms with Crippen molar-refractivity contribution in [2.24, 2.45) is 5.92 Å². The van der Waals surface area contributed by atoms with Crippen LogP contribution in [0.25, 0.3) is 0 Å². The summed E-state index contributed by atoms with van der Waals surface area (Å²) in [6.45, 7) is 4.65. The highest BCUT2D eigenvalue weighted by Crippen LogP contribution is 2.49. The maximum atomic E-state index is 13.4. The van der Waals surface area contributed by atoms with Crippen molar-refractivity contribution in [2.45, 2.75) is 57.9 Å². The minimum atomic E-state index is -0.550. The van der Waals surface area contributed by atoms with E-state index in [0.29, 0.717) is 12.5 Å². The van der Waals surface area contributed by atoms with E-state index in [1.165, 1.54) is 19.3 Å². The van der Waals surface area contributed by atoms with Crippen molar-refractivity contribution in [1.29, 1.82) is 0 Å². The molecule has 1 aliphatic heterocycles. The lowest BCUT2D eigenvalue weighted by molar-refractivity contribution is 0.0259. The fourth-order valence-electron chi connectivity index (χ4n) is 4.38. The van der Waals surface area contributed by atoms with Crippen molar-refractivity contribution in [2.75, 3.05) is 18.8 Å². The second-order valence-electron chi connectivity index (χ2n) is 6.54. The van der Waals surface area contributed by atoms with Gasteiger partial charge in [-0.1, -0.05) is 26.2 Å². The molecule has 0 radical (unpaired) electrons. The Morgan fingerprint density at radius 1 is 1.22 bits per heavy atom. The first-order valence-electron chi connectivity index (χ1n) is 8.85. The molecule has 1 saturated carbocycles. The maximum absolute atomic E-state index is 13.4. The van der Waals surface area contributed by atoms with Crippen LogP contribution < -0.4 is 9.80 Å². The van der Waals surface area contributed by atoms with Crippen LogP contribution in [0.1, 0.15) is 62.7 Å². The number of fused-ring (bicyclic) bond motifs is 1. The van der Waals surface area contributed by atoms with Crippen molar-refractivity contribution < 1.29 is 14.4 Å². The third-order valence-corrected chi connectivity index (χ3v) is 5.50. The van der Waals surface area contributed by atoms with E-state index >= 15 is 0 Å². The van der Waals surface area contributed by atoms with Crippen molar-refractivity contribution >= 4 is 11.5 Å². The van der Waals surface area contributed by atoms with Gasteiger partial charge in [-0.25, -0.2) is 5.06 Å². The van der Waals surface area contributed by atoms with E-state index in [-0.39, 0.29) is 5.78 Å². The average molecular weight is 317 g/mol. The fourth-order valence-corrected chi connectivity index (χ4v) is 4.38. The predicted molar refractivity (Wildman–Crippen MR) is 91.0 cm³/mol. The number of benzene rings is 1. The lowest BCUT2D eigenvalue weighted by Crippen LogP contribution is -2.56. The number of carbonyl (C=O) groups is 1. The molecule has 2 aliphatic rings. The molecular formula is C19H27NO3. The molecule has 1 aliphatic carbocycles. The molecule has 1 aromatic rings. The first kappa shape index (κ1) is 16.3. The molecule has 0 bridgehead atoms. The molecular weight excluding hydrogens is 290 g/mol. The summed E-state index contributed by atoms with van der Waals surface area (Å²) in [6, 6.07) is 5.73. The van der Waals surface area contributed by atoms with Crippen LogP contribution in [0.3, 0.4) is 0 Å². The van der Waals surface area contributed by atoms with Crippen LogP contribution in [-0.2, 0) is 4.84 Å². The van der Waals surface area contributed by atoms with E-state index in [4.69, 9.17) is 9.57 Å². The summed E-state index contributed by atoms with van der Waals surface area (Å²) in [6.07, 6.45) is 6.68. The number of carbonyl (C=O) groups excluding carboxylic acids is 1. The first-order chi connectivity index (χ1) is 11.2. The number of ether oxygens (including phenoxy) is 1. The van der Waals surface area contributed by atoms with Gasteiger partial charge in [-0.15, -0.1) is 0 Å². The van der Waals surface area contributed by atoms with Crippen LogP contribution in [0.2, 0.25) is 0 Å². The molecule has 0 spiro atoms. The van der Waals surface area contributed by atoms with Gasteiger partial charge in [0.1, 0.15) is 11.3 Å². The highest BCUT2D eigenvalue weighted by molar-refractivity contribution is 6.14. The molecule has 1 atom stereocenters. The summed E-state index contributed by atoms with van der Waals surface area (Å²) >= 11 is 0. The third kappa shape index (κ3) is 2.44. The Kier molecular flexibility index (Phi) is 4.62. The highest BCUT2D eigenvalue weighted by atomic mass is 16.7. The van der Waals surface area contributed by atoms with Gasteiger partial charge in [-0.05, 0) is 50.3 Å². The van der Waals surface area contributed by atoms with E-state index in [1.54, 1.807) is 7.11 Å². The molecule has 0 N–H and O–H groups in total. The van der Waals surface area contributed by atoms with Gasteiger partial charge in [0.15, 0.2) is 5.78 Å². The highest BCUT2D eigenvalue weighted by Gasteiger charge is 2.55. The van der Waals surface area contributed by atoms with Gasteiger partial charge in [0.05, 0.1) is 19.4 Å². The Morgan fingerprint density at radius 2 is 1.96 bits per heavy atom. The lowest BCUT2D eigenvalue weighted by atomic mass is 9.71. The number of nitrogens with zero attached hydrogens (tertiary/aromatic N) is 1. The summed E-state index contributed by atoms with van der Waals surface area (Å²) in [5.41, 5.74) is 1.08. The lowest BCUT2D eigenvalue weighted by Gasteiger charge is -2.44. The van der Waals surface area contributed by atoms with Gasteiger partial charge in [0.2, 0.25) is 0 Å². The van der Waals surface area contributed by atoms with Gasteiger partial charge in [0.25, 0.3) is 0 Å². The summed E-state index contributed by atoms with van der Waals surface area (Å²) in [5.74, 6) is 1.29. The molecule has 0 unspecified atom stereocenters. The zero-order chi connectivity index (χ0) is 16.4. The van der Waals surface area contributed by atoms with Crippen LogP contribution in [0.15, 0.2) is 18.2 Å². The van der Waals surface area contributed by atoms with E-state index in [2.05, 4.69) is 6.92 Å². The Balaban J connectivity index is 2.09. The summed E-state index contributed by atoms with van der Waals surface area (Å²) in [5, 5.41) is 1.93. The Hall–Kier alpha value is -1.55. The van der Waals surface area contributed by atoms with E-state index in [1.807, 2.05) is 30.2 Å². The predicted octanol–water partition coefficient (Wildman–Crippen LogP) is 4.38. The first-order valence-corrected chi connectivity index (χ1v) is 8.85. The summed E-state index contributed by atoms with van der Waals surface area (Å²) in [7, 11) is 1.63. The Morgan fingerprint density at radius 3 is 2.57 bits per heavy atom. The number of anilines is 1. The molecule has 1 aromatic carbocycles. The van der Waals surface area contributed by atoms with Crippen LogP contribution in [0.5, 0.6) is 5.75 Å². The minimum absolute atomic E-state index is 0.203. The molecule has 0 amide bonds. The molecule has 4 heteroatoms. The number of methoxy groups -OCH3 is 1. The number of hydrogen-bond acceptors (Lipinski definition) is 4. The smallest absolute Gasteiger partial charge is 0.193 e. The SMILES string of the molecule is CCON1c2ccc(OC)cc2C(=O)[C@]1(CC)C1CCCCC1. The molecule has 4 nitrogen and oxygen atoms in total. The zero-order valence-corrected chi connectivity index (χ0v) is 14.4. The number of rotatable bonds is 5. The molecule has 0 aromatic heterocycles. The molecule has 1 heterocycles. The fraction of sp³-hybridized carbons (Fsp3) is 0.632. The number of ketones is 1. The molecule has 1 fully saturated rings. The van der Waals surface area contributed by atoms with Gasteiger partial charge >= 0.3 is 0 Å². The van der Waals surface area contributed by atoms with Crippen LogP contribution in [-0.4, -0.2) is 25.0 Å². The van der Waals surface area contributed by atoms with Crippen LogP contribution in [0, 0.1) is 5.92 Å². The van der Waals surface area contributed by atoms with Gasteiger partial charge < -0.3 is 4.74 Å². The van der Waals surface area contributed by atoms with Crippen LogP contribution >= 0.6 is 0 Å². The van der Waals surface area contributed by atoms with Gasteiger partial charge in [0, 0.05) is 5.56 Å². The van der Waals surface area contributed by atoms with Gasteiger partial charge in [-0.2, -0.15) is 0 Å². The van der Waals surface area contributed by atoms with Gasteiger partial charge in [-0.3, -0.25) is 9.63 Å². The zero-order valence-electron chi connectivity index (χ0n) is 14.4. The standard InChI is InChI=1S/C19H27NO3/c1-4-19(14-9-7-6-8-10-14)18(21)16-13-15(22-3)11-12-17(16)20(19)23-5-2/h11-14H,4-10H2,1-3H3/t19-/m0/s1. The van der Waals surface area contributed by atoms with Crippen molar-refractivity contribution in [3.63, 3.8) is 0 Å². The number of Topliss-reactive ketones (excluding diaryl/α,β-unsaturated/α-hetero) is 1. The third-order valence-electron chi connectivity index (χ3n) is 5.50. The average Bonchev–Trinajstić information content (AvgIpc) is 2.85. The molecule has 3 rings (SSSR count). The van der Waals surface area contributed by atoms with Crippen molar-refractivity contribution in [3.8, 4) is 5.75 Å². The van der Waals surface area contributed by atoms with Crippen LogP contribution in [0.4, 0.5) is 5.69 Å². The van der Waals surface area contributed by atoms with E-state index < -0.39 is 5.54 Å².